The van der Waals surface area contributed by atoms with Crippen molar-refractivity contribution in [3.05, 3.63) is 30.1 Å². The first-order chi connectivity index (χ1) is 11.5. The van der Waals surface area contributed by atoms with Gasteiger partial charge in [0, 0.05) is 38.4 Å². The summed E-state index contributed by atoms with van der Waals surface area (Å²) in [6.07, 6.45) is 6.71. The van der Waals surface area contributed by atoms with Crippen molar-refractivity contribution in [1.29, 1.82) is 0 Å². The number of aromatic nitrogens is 1. The van der Waals surface area contributed by atoms with E-state index >= 15 is 0 Å². The summed E-state index contributed by atoms with van der Waals surface area (Å²) in [5, 5.41) is 0. The monoisotopic (exact) mass is 329 g/mol. The van der Waals surface area contributed by atoms with Crippen molar-refractivity contribution >= 4 is 11.8 Å². The molecule has 1 aromatic heterocycles. The molecule has 2 fully saturated rings. The van der Waals surface area contributed by atoms with Crippen LogP contribution in [0.1, 0.15) is 38.7 Å². The Bertz CT molecular complexity index is 584. The van der Waals surface area contributed by atoms with E-state index in [9.17, 15) is 9.59 Å². The summed E-state index contributed by atoms with van der Waals surface area (Å²) in [5.41, 5.74) is 0.925. The molecule has 2 heterocycles. The second-order valence-corrected chi connectivity index (χ2v) is 7.43. The average Bonchev–Trinajstić information content (AvgIpc) is 3.38. The van der Waals surface area contributed by atoms with E-state index in [-0.39, 0.29) is 17.9 Å². The predicted octanol–water partition coefficient (Wildman–Crippen LogP) is 2.12. The molecular weight excluding hydrogens is 302 g/mol. The van der Waals surface area contributed by atoms with Gasteiger partial charge < -0.3 is 9.80 Å². The number of rotatable bonds is 5. The van der Waals surface area contributed by atoms with Crippen LogP contribution in [0.25, 0.3) is 0 Å². The highest BCUT2D eigenvalue weighted by atomic mass is 16.2. The van der Waals surface area contributed by atoms with Gasteiger partial charge in [-0.1, -0.05) is 19.9 Å². The van der Waals surface area contributed by atoms with Crippen LogP contribution in [0.15, 0.2) is 24.5 Å². The van der Waals surface area contributed by atoms with Crippen molar-refractivity contribution in [1.82, 2.24) is 14.8 Å². The second-order valence-electron chi connectivity index (χ2n) is 7.43. The van der Waals surface area contributed by atoms with Crippen LogP contribution >= 0.6 is 0 Å². The van der Waals surface area contributed by atoms with Crippen LogP contribution < -0.4 is 0 Å². The molecule has 1 aliphatic carbocycles. The molecule has 0 radical (unpaired) electrons. The number of hydrogen-bond donors (Lipinski definition) is 0. The molecule has 1 aromatic rings. The van der Waals surface area contributed by atoms with E-state index in [1.54, 1.807) is 12.4 Å². The fraction of sp³-hybridized carbons (Fsp3) is 0.632. The number of hydrogen-bond acceptors (Lipinski definition) is 3. The van der Waals surface area contributed by atoms with E-state index in [1.807, 2.05) is 17.0 Å². The number of carbonyl (C=O) groups is 2. The molecule has 24 heavy (non-hydrogen) atoms. The maximum Gasteiger partial charge on any atom is 0.227 e. The van der Waals surface area contributed by atoms with E-state index in [0.29, 0.717) is 37.8 Å². The van der Waals surface area contributed by atoms with Crippen LogP contribution in [0.2, 0.25) is 0 Å². The third-order valence-corrected chi connectivity index (χ3v) is 5.08. The Hall–Kier alpha value is -1.91. The molecule has 130 valence electrons. The van der Waals surface area contributed by atoms with Gasteiger partial charge in [0.05, 0.1) is 12.5 Å². The molecule has 0 spiro atoms. The van der Waals surface area contributed by atoms with E-state index in [4.69, 9.17) is 0 Å². The molecule has 0 N–H and O–H groups in total. The maximum absolute atomic E-state index is 12.7. The number of amides is 2. The summed E-state index contributed by atoms with van der Waals surface area (Å²) < 4.78 is 0. The van der Waals surface area contributed by atoms with Crippen LogP contribution in [0.3, 0.4) is 0 Å². The Morgan fingerprint density at radius 1 is 1.38 bits per heavy atom. The summed E-state index contributed by atoms with van der Waals surface area (Å²) in [6, 6.07) is 3.90. The summed E-state index contributed by atoms with van der Waals surface area (Å²) in [5.74, 6) is 1.32. The van der Waals surface area contributed by atoms with Gasteiger partial charge in [-0.25, -0.2) is 0 Å². The zero-order chi connectivity index (χ0) is 17.1. The molecule has 0 bridgehead atoms. The van der Waals surface area contributed by atoms with Crippen LogP contribution in [0.4, 0.5) is 0 Å². The highest BCUT2D eigenvalue weighted by Crippen LogP contribution is 2.32. The van der Waals surface area contributed by atoms with Gasteiger partial charge in [-0.05, 0) is 36.3 Å². The van der Waals surface area contributed by atoms with Crippen molar-refractivity contribution in [2.45, 2.75) is 45.6 Å². The summed E-state index contributed by atoms with van der Waals surface area (Å²) in [6.45, 7) is 6.34. The first-order valence-electron chi connectivity index (χ1n) is 9.00. The van der Waals surface area contributed by atoms with Crippen LogP contribution in [-0.2, 0) is 16.0 Å². The van der Waals surface area contributed by atoms with Gasteiger partial charge in [0.2, 0.25) is 11.8 Å². The Balaban J connectivity index is 1.70. The molecule has 5 nitrogen and oxygen atoms in total. The highest BCUT2D eigenvalue weighted by Gasteiger charge is 2.36. The highest BCUT2D eigenvalue weighted by molar-refractivity contribution is 5.82. The van der Waals surface area contributed by atoms with E-state index < -0.39 is 0 Å². The van der Waals surface area contributed by atoms with Crippen LogP contribution in [0, 0.1) is 11.8 Å². The summed E-state index contributed by atoms with van der Waals surface area (Å²) >= 11 is 0. The lowest BCUT2D eigenvalue weighted by Crippen LogP contribution is -2.48. The number of nitrogens with zero attached hydrogens (tertiary/aromatic N) is 3. The summed E-state index contributed by atoms with van der Waals surface area (Å²) in [7, 11) is 0. The molecule has 1 atom stereocenters. The molecule has 1 saturated heterocycles. The third kappa shape index (κ3) is 4.13. The van der Waals surface area contributed by atoms with Gasteiger partial charge in [-0.2, -0.15) is 0 Å². The third-order valence-electron chi connectivity index (χ3n) is 5.08. The van der Waals surface area contributed by atoms with E-state index in [0.717, 1.165) is 12.1 Å². The fourth-order valence-electron chi connectivity index (χ4n) is 3.38. The Labute approximate surface area is 144 Å². The minimum absolute atomic E-state index is 0.0923. The first kappa shape index (κ1) is 16.9. The lowest BCUT2D eigenvalue weighted by Gasteiger charge is -2.34. The lowest BCUT2D eigenvalue weighted by molar-refractivity contribution is -0.134. The molecule has 0 unspecified atom stereocenters. The Morgan fingerprint density at radius 3 is 2.79 bits per heavy atom. The zero-order valence-electron chi connectivity index (χ0n) is 14.6. The summed E-state index contributed by atoms with van der Waals surface area (Å²) in [4.78, 5) is 33.3. The maximum atomic E-state index is 12.7. The molecule has 2 aliphatic rings. The van der Waals surface area contributed by atoms with Gasteiger partial charge in [0.1, 0.15) is 0 Å². The van der Waals surface area contributed by atoms with Gasteiger partial charge in [0.25, 0.3) is 0 Å². The minimum atomic E-state index is 0.0923. The Morgan fingerprint density at radius 2 is 2.17 bits per heavy atom. The fourth-order valence-corrected chi connectivity index (χ4v) is 3.38. The van der Waals surface area contributed by atoms with E-state index in [1.165, 1.54) is 12.8 Å². The number of pyridine rings is 1. The molecular formula is C19H27N3O2. The normalized spacial score (nSPS) is 22.0. The van der Waals surface area contributed by atoms with Crippen LogP contribution in [0.5, 0.6) is 0 Å². The number of carbonyl (C=O) groups excluding carboxylic acids is 2. The van der Waals surface area contributed by atoms with E-state index in [2.05, 4.69) is 23.7 Å². The van der Waals surface area contributed by atoms with Gasteiger partial charge in [-0.15, -0.1) is 0 Å². The zero-order valence-corrected chi connectivity index (χ0v) is 14.6. The largest absolute Gasteiger partial charge is 0.340 e. The SMILES string of the molecule is CC(C)[C@@H]1CN(C(=O)Cc2cccnc2)CCC(=O)N1CC1CC1. The van der Waals surface area contributed by atoms with Crippen molar-refractivity contribution < 1.29 is 9.59 Å². The van der Waals surface area contributed by atoms with Crippen molar-refractivity contribution in [3.8, 4) is 0 Å². The average molecular weight is 329 g/mol. The molecule has 1 aliphatic heterocycles. The predicted molar refractivity (Wildman–Crippen MR) is 92.2 cm³/mol. The standard InChI is InChI=1S/C19H27N3O2/c1-14(2)17-13-21(19(24)10-16-4-3-8-20-11-16)9-7-18(23)22(17)12-15-5-6-15/h3-4,8,11,14-15,17H,5-7,9-10,12-13H2,1-2H3/t17-/m0/s1. The Kier molecular flexibility index (Phi) is 5.17. The topological polar surface area (TPSA) is 53.5 Å². The molecule has 0 aromatic carbocycles. The quantitative estimate of drug-likeness (QED) is 0.831. The van der Waals surface area contributed by atoms with Gasteiger partial charge >= 0.3 is 0 Å². The van der Waals surface area contributed by atoms with Crippen molar-refractivity contribution in [2.24, 2.45) is 11.8 Å². The van der Waals surface area contributed by atoms with Gasteiger partial charge in [-0.3, -0.25) is 14.6 Å². The smallest absolute Gasteiger partial charge is 0.227 e. The molecule has 2 amide bonds. The van der Waals surface area contributed by atoms with Crippen LogP contribution in [-0.4, -0.2) is 52.3 Å². The first-order valence-corrected chi connectivity index (χ1v) is 9.00. The minimum Gasteiger partial charge on any atom is -0.340 e. The second kappa shape index (κ2) is 7.32. The molecule has 3 rings (SSSR count). The molecule has 1 saturated carbocycles. The lowest BCUT2D eigenvalue weighted by atomic mass is 10.0. The van der Waals surface area contributed by atoms with Gasteiger partial charge in [0.15, 0.2) is 0 Å². The van der Waals surface area contributed by atoms with Crippen molar-refractivity contribution in [2.75, 3.05) is 19.6 Å². The van der Waals surface area contributed by atoms with Crippen molar-refractivity contribution in [3.63, 3.8) is 0 Å². The molecule has 5 heteroatoms.